The number of carboxylic acid groups (broad SMARTS) is 1. The molecule has 3 atom stereocenters. The molecule has 0 bridgehead atoms. The van der Waals surface area contributed by atoms with Gasteiger partial charge in [-0.25, -0.2) is 4.79 Å². The SMILES string of the molecule is CCC/C(=C\CC(C)CC)c1ccnc(CC(O)(C(=O)O)C(N)CC(C)C)c1. The lowest BCUT2D eigenvalue weighted by Crippen LogP contribution is -2.56. The minimum absolute atomic E-state index is 0.102. The number of hydrogen-bond acceptors (Lipinski definition) is 4. The second-order valence-electron chi connectivity index (χ2n) is 8.41. The summed E-state index contributed by atoms with van der Waals surface area (Å²) >= 11 is 0. The first-order valence-electron chi connectivity index (χ1n) is 10.5. The summed E-state index contributed by atoms with van der Waals surface area (Å²) in [5, 5.41) is 20.5. The van der Waals surface area contributed by atoms with Crippen molar-refractivity contribution in [1.82, 2.24) is 4.98 Å². The molecule has 0 radical (unpaired) electrons. The first-order valence-corrected chi connectivity index (χ1v) is 10.5. The van der Waals surface area contributed by atoms with Crippen LogP contribution in [0.1, 0.15) is 78.0 Å². The molecule has 0 saturated carbocycles. The van der Waals surface area contributed by atoms with Gasteiger partial charge in [-0.05, 0) is 54.4 Å². The lowest BCUT2D eigenvalue weighted by atomic mass is 9.84. The van der Waals surface area contributed by atoms with Crippen molar-refractivity contribution in [2.75, 3.05) is 0 Å². The van der Waals surface area contributed by atoms with Crippen molar-refractivity contribution in [3.63, 3.8) is 0 Å². The molecule has 0 saturated heterocycles. The van der Waals surface area contributed by atoms with Crippen LogP contribution in [0.25, 0.3) is 5.57 Å². The lowest BCUT2D eigenvalue weighted by molar-refractivity contribution is -0.161. The van der Waals surface area contributed by atoms with E-state index in [2.05, 4.69) is 31.8 Å². The minimum Gasteiger partial charge on any atom is -0.479 e. The Morgan fingerprint density at radius 3 is 2.54 bits per heavy atom. The predicted molar refractivity (Wildman–Crippen MR) is 115 cm³/mol. The van der Waals surface area contributed by atoms with E-state index in [0.29, 0.717) is 18.0 Å². The van der Waals surface area contributed by atoms with Crippen LogP contribution in [0.15, 0.2) is 24.4 Å². The van der Waals surface area contributed by atoms with E-state index in [4.69, 9.17) is 5.73 Å². The van der Waals surface area contributed by atoms with E-state index in [9.17, 15) is 15.0 Å². The quantitative estimate of drug-likeness (QED) is 0.490. The molecular formula is C23H38N2O3. The summed E-state index contributed by atoms with van der Waals surface area (Å²) in [6.45, 7) is 10.5. The van der Waals surface area contributed by atoms with Crippen LogP contribution in [0.3, 0.4) is 0 Å². The Balaban J connectivity index is 3.14. The van der Waals surface area contributed by atoms with Crippen LogP contribution in [0.2, 0.25) is 0 Å². The molecule has 28 heavy (non-hydrogen) atoms. The van der Waals surface area contributed by atoms with E-state index >= 15 is 0 Å². The van der Waals surface area contributed by atoms with Gasteiger partial charge in [-0.2, -0.15) is 0 Å². The Bertz CT molecular complexity index is 657. The van der Waals surface area contributed by atoms with Gasteiger partial charge in [0.25, 0.3) is 0 Å². The third kappa shape index (κ3) is 7.02. The standard InChI is InChI=1S/C23H38N2O3/c1-6-8-18(10-9-17(5)7-2)19-11-12-25-20(14-19)15-23(28,22(26)27)21(24)13-16(3)4/h10-12,14,16-17,21,28H,6-9,13,15,24H2,1-5H3,(H,26,27)/b18-10+. The zero-order valence-corrected chi connectivity index (χ0v) is 18.1. The van der Waals surface area contributed by atoms with Crippen LogP contribution in [0, 0.1) is 11.8 Å². The van der Waals surface area contributed by atoms with Crippen molar-refractivity contribution >= 4 is 11.5 Å². The second kappa shape index (κ2) is 11.3. The molecule has 158 valence electrons. The maximum Gasteiger partial charge on any atom is 0.337 e. The summed E-state index contributed by atoms with van der Waals surface area (Å²) in [7, 11) is 0. The fraction of sp³-hybridized carbons (Fsp3) is 0.652. The van der Waals surface area contributed by atoms with Crippen LogP contribution < -0.4 is 5.73 Å². The number of carboxylic acids is 1. The third-order valence-corrected chi connectivity index (χ3v) is 5.33. The fourth-order valence-corrected chi connectivity index (χ4v) is 3.26. The Kier molecular flexibility index (Phi) is 9.83. The topological polar surface area (TPSA) is 96.4 Å². The number of nitrogens with two attached hydrogens (primary N) is 1. The number of pyridine rings is 1. The van der Waals surface area contributed by atoms with Gasteiger partial charge in [-0.1, -0.05) is 53.5 Å². The molecule has 0 aliphatic heterocycles. The van der Waals surface area contributed by atoms with Gasteiger partial charge in [-0.15, -0.1) is 0 Å². The molecule has 0 aliphatic carbocycles. The molecule has 0 amide bonds. The molecule has 0 fully saturated rings. The molecule has 1 aromatic rings. The van der Waals surface area contributed by atoms with Gasteiger partial charge in [0.2, 0.25) is 0 Å². The Hall–Kier alpha value is -1.72. The molecule has 0 aromatic carbocycles. The third-order valence-electron chi connectivity index (χ3n) is 5.33. The first-order chi connectivity index (χ1) is 13.1. The Morgan fingerprint density at radius 1 is 1.32 bits per heavy atom. The summed E-state index contributed by atoms with van der Waals surface area (Å²) in [5.74, 6) is -0.479. The molecule has 5 heteroatoms. The summed E-state index contributed by atoms with van der Waals surface area (Å²) in [5.41, 5.74) is 6.88. The van der Waals surface area contributed by atoms with Crippen molar-refractivity contribution < 1.29 is 15.0 Å². The van der Waals surface area contributed by atoms with E-state index in [1.54, 1.807) is 6.20 Å². The van der Waals surface area contributed by atoms with Crippen LogP contribution in [-0.4, -0.2) is 32.8 Å². The predicted octanol–water partition coefficient (Wildman–Crippen LogP) is 4.43. The molecule has 1 heterocycles. The number of aromatic nitrogens is 1. The van der Waals surface area contributed by atoms with Crippen molar-refractivity contribution in [2.45, 2.75) is 84.8 Å². The van der Waals surface area contributed by atoms with E-state index < -0.39 is 17.6 Å². The number of allylic oxidation sites excluding steroid dienone is 2. The van der Waals surface area contributed by atoms with Gasteiger partial charge in [0, 0.05) is 24.4 Å². The fourth-order valence-electron chi connectivity index (χ4n) is 3.26. The highest BCUT2D eigenvalue weighted by atomic mass is 16.4. The molecule has 1 rings (SSSR count). The van der Waals surface area contributed by atoms with Gasteiger partial charge in [-0.3, -0.25) is 4.98 Å². The normalized spacial score (nSPS) is 16.6. The van der Waals surface area contributed by atoms with Gasteiger partial charge >= 0.3 is 5.97 Å². The van der Waals surface area contributed by atoms with Crippen LogP contribution in [0.5, 0.6) is 0 Å². The zero-order chi connectivity index (χ0) is 21.3. The van der Waals surface area contributed by atoms with E-state index in [1.807, 2.05) is 26.0 Å². The van der Waals surface area contributed by atoms with Crippen LogP contribution in [-0.2, 0) is 11.2 Å². The second-order valence-corrected chi connectivity index (χ2v) is 8.41. The lowest BCUT2D eigenvalue weighted by Gasteiger charge is -2.30. The Morgan fingerprint density at radius 2 is 2.00 bits per heavy atom. The molecule has 5 nitrogen and oxygen atoms in total. The van der Waals surface area contributed by atoms with Crippen LogP contribution in [0.4, 0.5) is 0 Å². The zero-order valence-electron chi connectivity index (χ0n) is 18.1. The molecular weight excluding hydrogens is 352 g/mol. The largest absolute Gasteiger partial charge is 0.479 e. The number of aliphatic hydroxyl groups is 1. The van der Waals surface area contributed by atoms with Gasteiger partial charge < -0.3 is 15.9 Å². The van der Waals surface area contributed by atoms with Crippen molar-refractivity contribution in [3.05, 3.63) is 35.7 Å². The summed E-state index contributed by atoms with van der Waals surface area (Å²) in [6, 6.07) is 3.00. The maximum absolute atomic E-state index is 11.8. The molecule has 1 aromatic heterocycles. The average molecular weight is 391 g/mol. The first kappa shape index (κ1) is 24.3. The van der Waals surface area contributed by atoms with E-state index in [-0.39, 0.29) is 12.3 Å². The number of rotatable bonds is 12. The summed E-state index contributed by atoms with van der Waals surface area (Å²) in [4.78, 5) is 16.1. The van der Waals surface area contributed by atoms with Crippen molar-refractivity contribution in [3.8, 4) is 0 Å². The van der Waals surface area contributed by atoms with Crippen molar-refractivity contribution in [1.29, 1.82) is 0 Å². The molecule has 3 unspecified atom stereocenters. The Labute approximate surface area is 170 Å². The van der Waals surface area contributed by atoms with Gasteiger partial charge in [0.1, 0.15) is 0 Å². The van der Waals surface area contributed by atoms with Crippen LogP contribution >= 0.6 is 0 Å². The van der Waals surface area contributed by atoms with E-state index in [0.717, 1.165) is 31.2 Å². The number of carbonyl (C=O) groups is 1. The molecule has 0 spiro atoms. The van der Waals surface area contributed by atoms with Crippen molar-refractivity contribution in [2.24, 2.45) is 17.6 Å². The van der Waals surface area contributed by atoms with Gasteiger partial charge in [0.15, 0.2) is 5.60 Å². The summed E-state index contributed by atoms with van der Waals surface area (Å²) in [6.07, 6.45) is 8.43. The van der Waals surface area contributed by atoms with E-state index in [1.165, 1.54) is 5.57 Å². The monoisotopic (exact) mass is 390 g/mol. The smallest absolute Gasteiger partial charge is 0.337 e. The minimum atomic E-state index is -2.03. The number of aliphatic carboxylic acids is 1. The summed E-state index contributed by atoms with van der Waals surface area (Å²) < 4.78 is 0. The molecule has 4 N–H and O–H groups in total. The number of hydrogen-bond donors (Lipinski definition) is 3. The highest BCUT2D eigenvalue weighted by Gasteiger charge is 2.43. The number of nitrogens with zero attached hydrogens (tertiary/aromatic N) is 1. The van der Waals surface area contributed by atoms with Gasteiger partial charge in [0.05, 0.1) is 0 Å². The average Bonchev–Trinajstić information content (AvgIpc) is 2.64. The molecule has 0 aliphatic rings. The highest BCUT2D eigenvalue weighted by Crippen LogP contribution is 2.26. The highest BCUT2D eigenvalue weighted by molar-refractivity contribution is 5.78. The maximum atomic E-state index is 11.8.